The van der Waals surface area contributed by atoms with Crippen molar-refractivity contribution < 1.29 is 9.59 Å². The van der Waals surface area contributed by atoms with Crippen molar-refractivity contribution in [1.82, 2.24) is 14.8 Å². The maximum absolute atomic E-state index is 12.8. The molecule has 1 aliphatic carbocycles. The highest BCUT2D eigenvalue weighted by molar-refractivity contribution is 7.80. The van der Waals surface area contributed by atoms with E-state index in [1.54, 1.807) is 6.08 Å². The normalized spacial score (nSPS) is 19.0. The van der Waals surface area contributed by atoms with E-state index in [2.05, 4.69) is 9.88 Å². The van der Waals surface area contributed by atoms with Crippen molar-refractivity contribution in [1.29, 1.82) is 0 Å². The maximum Gasteiger partial charge on any atom is 0.265 e. The first kappa shape index (κ1) is 17.9. The van der Waals surface area contributed by atoms with Gasteiger partial charge in [0, 0.05) is 28.1 Å². The Morgan fingerprint density at radius 3 is 2.48 bits per heavy atom. The van der Waals surface area contributed by atoms with Gasteiger partial charge >= 0.3 is 0 Å². The highest BCUT2D eigenvalue weighted by Crippen LogP contribution is 2.31. The lowest BCUT2D eigenvalue weighted by atomic mass is 10.1. The first-order valence-electron chi connectivity index (χ1n) is 8.72. The maximum atomic E-state index is 12.8. The Bertz CT molecular complexity index is 1000. The third-order valence-electron chi connectivity index (χ3n) is 4.90. The van der Waals surface area contributed by atoms with Gasteiger partial charge in [-0.25, -0.2) is 0 Å². The Kier molecular flexibility index (Phi) is 4.40. The number of aromatic nitrogens is 1. The molecule has 7 heteroatoms. The van der Waals surface area contributed by atoms with Gasteiger partial charge in [0.15, 0.2) is 5.11 Å². The van der Waals surface area contributed by atoms with E-state index < -0.39 is 5.91 Å². The number of aryl methyl sites for hydroxylation is 1. The summed E-state index contributed by atoms with van der Waals surface area (Å²) in [4.78, 5) is 26.7. The molecule has 0 radical (unpaired) electrons. The molecule has 0 bridgehead atoms. The fourth-order valence-electron chi connectivity index (χ4n) is 3.41. The minimum atomic E-state index is -0.446. The van der Waals surface area contributed by atoms with Crippen LogP contribution in [0.2, 0.25) is 5.02 Å². The molecule has 0 spiro atoms. The fourth-order valence-corrected chi connectivity index (χ4v) is 3.86. The van der Waals surface area contributed by atoms with Crippen LogP contribution in [0.15, 0.2) is 35.9 Å². The third kappa shape index (κ3) is 3.19. The van der Waals surface area contributed by atoms with Gasteiger partial charge in [-0.2, -0.15) is 0 Å². The van der Waals surface area contributed by atoms with Gasteiger partial charge in [0.2, 0.25) is 0 Å². The number of halogens is 1. The van der Waals surface area contributed by atoms with Crippen LogP contribution < -0.4 is 5.32 Å². The number of carbonyl (C=O) groups excluding carboxylic acids is 2. The number of benzene rings is 1. The van der Waals surface area contributed by atoms with Crippen LogP contribution >= 0.6 is 23.8 Å². The largest absolute Gasteiger partial charge is 0.318 e. The summed E-state index contributed by atoms with van der Waals surface area (Å²) in [6, 6.07) is 9.61. The van der Waals surface area contributed by atoms with Crippen LogP contribution in [0, 0.1) is 13.8 Å². The predicted molar refractivity (Wildman–Crippen MR) is 109 cm³/mol. The quantitative estimate of drug-likeness (QED) is 0.488. The zero-order valence-corrected chi connectivity index (χ0v) is 16.5. The molecule has 2 aromatic rings. The molecular weight excluding hydrogens is 382 g/mol. The van der Waals surface area contributed by atoms with E-state index in [0.717, 1.165) is 35.5 Å². The van der Waals surface area contributed by atoms with Crippen LogP contribution in [0.5, 0.6) is 0 Å². The number of nitrogens with zero attached hydrogens (tertiary/aromatic N) is 2. The van der Waals surface area contributed by atoms with Crippen molar-refractivity contribution in [3.63, 3.8) is 0 Å². The minimum Gasteiger partial charge on any atom is -0.318 e. The molecule has 1 aliphatic heterocycles. The van der Waals surface area contributed by atoms with Crippen molar-refractivity contribution >= 4 is 46.8 Å². The number of hydrogen-bond donors (Lipinski definition) is 1. The van der Waals surface area contributed by atoms with Gasteiger partial charge in [-0.15, -0.1) is 0 Å². The number of amides is 2. The van der Waals surface area contributed by atoms with Crippen LogP contribution in [0.4, 0.5) is 0 Å². The first-order chi connectivity index (χ1) is 12.9. The van der Waals surface area contributed by atoms with Crippen molar-refractivity contribution in [2.24, 2.45) is 0 Å². The van der Waals surface area contributed by atoms with Gasteiger partial charge < -0.3 is 4.57 Å². The molecule has 1 saturated heterocycles. The fraction of sp³-hybridized carbons (Fsp3) is 0.250. The Morgan fingerprint density at radius 2 is 1.85 bits per heavy atom. The summed E-state index contributed by atoms with van der Waals surface area (Å²) in [5, 5.41) is 3.51. The average molecular weight is 400 g/mol. The van der Waals surface area contributed by atoms with Gasteiger partial charge in [0.05, 0.1) is 0 Å². The molecule has 2 heterocycles. The van der Waals surface area contributed by atoms with Gasteiger partial charge in [0.1, 0.15) is 5.57 Å². The highest BCUT2D eigenvalue weighted by atomic mass is 35.5. The van der Waals surface area contributed by atoms with E-state index in [9.17, 15) is 9.59 Å². The molecule has 0 atom stereocenters. The first-order valence-corrected chi connectivity index (χ1v) is 9.51. The van der Waals surface area contributed by atoms with Crippen LogP contribution in [0.25, 0.3) is 11.8 Å². The number of hydrogen-bond acceptors (Lipinski definition) is 3. The molecular formula is C20H18ClN3O2S. The van der Waals surface area contributed by atoms with Crippen LogP contribution in [-0.2, 0) is 9.59 Å². The Hall–Kier alpha value is -2.44. The van der Waals surface area contributed by atoms with Crippen molar-refractivity contribution in [3.05, 3.63) is 57.9 Å². The molecule has 1 saturated carbocycles. The summed E-state index contributed by atoms with van der Waals surface area (Å²) < 4.78 is 2.07. The van der Waals surface area contributed by atoms with E-state index >= 15 is 0 Å². The van der Waals surface area contributed by atoms with Gasteiger partial charge in [-0.05, 0) is 80.9 Å². The Balaban J connectivity index is 1.74. The third-order valence-corrected chi connectivity index (χ3v) is 5.45. The van der Waals surface area contributed by atoms with Crippen LogP contribution in [0.3, 0.4) is 0 Å². The van der Waals surface area contributed by atoms with Crippen molar-refractivity contribution in [2.45, 2.75) is 32.7 Å². The lowest BCUT2D eigenvalue weighted by molar-refractivity contribution is -0.129. The predicted octanol–water partition coefficient (Wildman–Crippen LogP) is 3.54. The van der Waals surface area contributed by atoms with E-state index in [1.165, 1.54) is 4.90 Å². The standard InChI is InChI=1S/C20H18ClN3O2S/c1-11-9-13(12(2)23(11)15-5-3-14(21)4-6-15)10-17-18(25)22-20(27)24(19(17)26)16-7-8-16/h3-6,9-10,16H,7-8H2,1-2H3,(H,22,25,27). The van der Waals surface area contributed by atoms with Gasteiger partial charge in [-0.1, -0.05) is 11.6 Å². The SMILES string of the molecule is Cc1cc(C=C2C(=O)NC(=S)N(C3CC3)C2=O)c(C)n1-c1ccc(Cl)cc1. The number of rotatable bonds is 3. The van der Waals surface area contributed by atoms with Crippen molar-refractivity contribution in [2.75, 3.05) is 0 Å². The second-order valence-corrected chi connectivity index (χ2v) is 7.69. The molecule has 5 nitrogen and oxygen atoms in total. The summed E-state index contributed by atoms with van der Waals surface area (Å²) in [6.45, 7) is 3.94. The summed E-state index contributed by atoms with van der Waals surface area (Å²) >= 11 is 11.2. The summed E-state index contributed by atoms with van der Waals surface area (Å²) in [5.74, 6) is -0.763. The lowest BCUT2D eigenvalue weighted by Gasteiger charge is -2.28. The smallest absolute Gasteiger partial charge is 0.265 e. The average Bonchev–Trinajstić information content (AvgIpc) is 3.39. The van der Waals surface area contributed by atoms with E-state index in [4.69, 9.17) is 23.8 Å². The lowest BCUT2D eigenvalue weighted by Crippen LogP contribution is -2.54. The number of carbonyl (C=O) groups is 2. The Morgan fingerprint density at radius 1 is 1.19 bits per heavy atom. The molecule has 2 fully saturated rings. The highest BCUT2D eigenvalue weighted by Gasteiger charge is 2.42. The monoisotopic (exact) mass is 399 g/mol. The molecule has 2 aliphatic rings. The Labute approximate surface area is 167 Å². The summed E-state index contributed by atoms with van der Waals surface area (Å²) in [7, 11) is 0. The van der Waals surface area contributed by atoms with Crippen molar-refractivity contribution in [3.8, 4) is 5.69 Å². The topological polar surface area (TPSA) is 54.3 Å². The minimum absolute atomic E-state index is 0.107. The molecule has 138 valence electrons. The van der Waals surface area contributed by atoms with Crippen LogP contribution in [0.1, 0.15) is 29.8 Å². The zero-order chi connectivity index (χ0) is 19.3. The summed E-state index contributed by atoms with van der Waals surface area (Å²) in [5.41, 5.74) is 3.85. The van der Waals surface area contributed by atoms with E-state index in [1.807, 2.05) is 44.2 Å². The molecule has 4 rings (SSSR count). The second kappa shape index (κ2) is 6.62. The second-order valence-electron chi connectivity index (χ2n) is 6.86. The summed E-state index contributed by atoms with van der Waals surface area (Å²) in [6.07, 6.45) is 3.49. The van der Waals surface area contributed by atoms with E-state index in [0.29, 0.717) is 5.02 Å². The number of thiocarbonyl (C=S) groups is 1. The van der Waals surface area contributed by atoms with Gasteiger partial charge in [-0.3, -0.25) is 19.8 Å². The molecule has 1 aromatic heterocycles. The molecule has 27 heavy (non-hydrogen) atoms. The van der Waals surface area contributed by atoms with Gasteiger partial charge in [0.25, 0.3) is 11.8 Å². The van der Waals surface area contributed by atoms with E-state index in [-0.39, 0.29) is 22.6 Å². The zero-order valence-electron chi connectivity index (χ0n) is 15.0. The molecule has 1 N–H and O–H groups in total. The molecule has 0 unspecified atom stereocenters. The molecule has 2 amide bonds. The van der Waals surface area contributed by atoms with Crippen LogP contribution in [-0.4, -0.2) is 32.4 Å². The molecule has 1 aromatic carbocycles. The number of nitrogens with one attached hydrogen (secondary N) is 1.